The van der Waals surface area contributed by atoms with E-state index in [9.17, 15) is 14.4 Å². The van der Waals surface area contributed by atoms with Crippen molar-refractivity contribution in [2.24, 2.45) is 0 Å². The maximum atomic E-state index is 12.9. The van der Waals surface area contributed by atoms with Crippen LogP contribution < -0.4 is 16.6 Å². The first-order chi connectivity index (χ1) is 16.4. The molecule has 2 aromatic heterocycles. The van der Waals surface area contributed by atoms with E-state index in [-0.39, 0.29) is 24.1 Å². The van der Waals surface area contributed by atoms with E-state index >= 15 is 0 Å². The van der Waals surface area contributed by atoms with Crippen molar-refractivity contribution in [1.82, 2.24) is 9.55 Å². The summed E-state index contributed by atoms with van der Waals surface area (Å²) in [6, 6.07) is 8.89. The van der Waals surface area contributed by atoms with E-state index in [1.807, 2.05) is 31.2 Å². The maximum Gasteiger partial charge on any atom is 0.341 e. The van der Waals surface area contributed by atoms with Crippen LogP contribution in [0.25, 0.3) is 5.69 Å². The molecule has 1 amide bonds. The second kappa shape index (κ2) is 10.4. The number of esters is 1. The topological polar surface area (TPSA) is 116 Å². The number of nitrogens with two attached hydrogens (primary N) is 1. The minimum absolute atomic E-state index is 0.00740. The van der Waals surface area contributed by atoms with Gasteiger partial charge in [0, 0.05) is 16.6 Å². The first-order valence-corrected chi connectivity index (χ1v) is 12.9. The van der Waals surface area contributed by atoms with Crippen LogP contribution in [0.5, 0.6) is 0 Å². The quantitative estimate of drug-likeness (QED) is 0.288. The molecule has 8 nitrogen and oxygen atoms in total. The van der Waals surface area contributed by atoms with Crippen molar-refractivity contribution < 1.29 is 14.3 Å². The Morgan fingerprint density at radius 3 is 2.82 bits per heavy atom. The minimum atomic E-state index is -0.472. The van der Waals surface area contributed by atoms with Gasteiger partial charge in [0.25, 0.3) is 5.56 Å². The van der Waals surface area contributed by atoms with Gasteiger partial charge in [0.15, 0.2) is 5.16 Å². The zero-order valence-corrected chi connectivity index (χ0v) is 20.7. The van der Waals surface area contributed by atoms with Gasteiger partial charge in [-0.3, -0.25) is 14.2 Å². The normalized spacial score (nSPS) is 12.8. The van der Waals surface area contributed by atoms with Crippen LogP contribution in [-0.2, 0) is 22.4 Å². The molecule has 3 N–H and O–H groups in total. The van der Waals surface area contributed by atoms with E-state index in [0.717, 1.165) is 59.1 Å². The minimum Gasteiger partial charge on any atom is -0.462 e. The Hall–Kier alpha value is -3.11. The molecule has 10 heteroatoms. The summed E-state index contributed by atoms with van der Waals surface area (Å²) in [4.78, 5) is 42.7. The number of carbonyl (C=O) groups is 2. The molecule has 1 aromatic carbocycles. The monoisotopic (exact) mass is 498 g/mol. The number of ether oxygens (including phenoxy) is 1. The molecule has 4 rings (SSSR count). The number of hydrogen-bond donors (Lipinski definition) is 2. The SMILES string of the molecule is CCOC(=O)c1c(NC(=O)CSc2nc(=O)cc(N)n2-c2cccc(C)c2)sc2c1CCCC2. The molecule has 34 heavy (non-hydrogen) atoms. The number of fused-ring (bicyclic) bond motifs is 1. The average Bonchev–Trinajstić information content (AvgIpc) is 3.15. The van der Waals surface area contributed by atoms with Crippen molar-refractivity contribution in [3.05, 3.63) is 62.3 Å². The standard InChI is InChI=1S/C24H26N4O4S2/c1-3-32-23(31)21-16-9-4-5-10-17(16)34-22(21)26-20(30)13-33-24-27-19(29)12-18(25)28(24)15-8-6-7-14(2)11-15/h6-8,11-12H,3-5,9-10,13,25H2,1-2H3,(H,26,30). The molecule has 0 radical (unpaired) electrons. The summed E-state index contributed by atoms with van der Waals surface area (Å²) in [5, 5.41) is 3.73. The number of anilines is 2. The molecule has 0 saturated heterocycles. The van der Waals surface area contributed by atoms with Crippen molar-refractivity contribution in [2.75, 3.05) is 23.4 Å². The molecule has 3 aromatic rings. The van der Waals surface area contributed by atoms with E-state index in [1.165, 1.54) is 17.4 Å². The Labute approximate surface area is 205 Å². The number of thioether (sulfide) groups is 1. The number of hydrogen-bond acceptors (Lipinski definition) is 8. The van der Waals surface area contributed by atoms with Gasteiger partial charge in [0.2, 0.25) is 5.91 Å². The van der Waals surface area contributed by atoms with Gasteiger partial charge in [0.1, 0.15) is 10.8 Å². The van der Waals surface area contributed by atoms with E-state index in [0.29, 0.717) is 15.7 Å². The highest BCUT2D eigenvalue weighted by molar-refractivity contribution is 7.99. The lowest BCUT2D eigenvalue weighted by molar-refractivity contribution is -0.113. The summed E-state index contributed by atoms with van der Waals surface area (Å²) in [7, 11) is 0. The average molecular weight is 499 g/mol. The smallest absolute Gasteiger partial charge is 0.341 e. The van der Waals surface area contributed by atoms with Crippen molar-refractivity contribution in [3.8, 4) is 5.69 Å². The van der Waals surface area contributed by atoms with Gasteiger partial charge >= 0.3 is 5.97 Å². The largest absolute Gasteiger partial charge is 0.462 e. The van der Waals surface area contributed by atoms with E-state index in [2.05, 4.69) is 10.3 Å². The summed E-state index contributed by atoms with van der Waals surface area (Å²) in [6.07, 6.45) is 3.78. The van der Waals surface area contributed by atoms with Gasteiger partial charge in [-0.1, -0.05) is 23.9 Å². The molecule has 0 spiro atoms. The van der Waals surface area contributed by atoms with Crippen LogP contribution in [0.15, 0.2) is 40.3 Å². The lowest BCUT2D eigenvalue weighted by Crippen LogP contribution is -2.20. The van der Waals surface area contributed by atoms with Crippen LogP contribution in [0.1, 0.15) is 46.1 Å². The molecule has 1 aliphatic carbocycles. The highest BCUT2D eigenvalue weighted by atomic mass is 32.2. The van der Waals surface area contributed by atoms with Gasteiger partial charge in [0.05, 0.1) is 17.9 Å². The molecule has 0 unspecified atom stereocenters. The fourth-order valence-electron chi connectivity index (χ4n) is 3.97. The van der Waals surface area contributed by atoms with Crippen molar-refractivity contribution >= 4 is 45.8 Å². The lowest BCUT2D eigenvalue weighted by atomic mass is 9.95. The van der Waals surface area contributed by atoms with Gasteiger partial charge in [-0.25, -0.2) is 4.79 Å². The zero-order valence-electron chi connectivity index (χ0n) is 19.1. The van der Waals surface area contributed by atoms with Crippen LogP contribution in [-0.4, -0.2) is 33.8 Å². The number of thiophene rings is 1. The molecule has 0 saturated carbocycles. The summed E-state index contributed by atoms with van der Waals surface area (Å²) in [6.45, 7) is 3.99. The Kier molecular flexibility index (Phi) is 7.38. The highest BCUT2D eigenvalue weighted by Crippen LogP contribution is 2.38. The fraction of sp³-hybridized carbons (Fsp3) is 0.333. The van der Waals surface area contributed by atoms with Crippen LogP contribution in [0.4, 0.5) is 10.8 Å². The molecular formula is C24H26N4O4S2. The fourth-order valence-corrected chi connectivity index (χ4v) is 6.09. The number of nitrogens with one attached hydrogen (secondary N) is 1. The highest BCUT2D eigenvalue weighted by Gasteiger charge is 2.27. The molecule has 0 aliphatic heterocycles. The molecule has 1 aliphatic rings. The number of aryl methyl sites for hydroxylation is 2. The Morgan fingerprint density at radius 1 is 1.26 bits per heavy atom. The van der Waals surface area contributed by atoms with Crippen LogP contribution in [0.2, 0.25) is 0 Å². The summed E-state index contributed by atoms with van der Waals surface area (Å²) in [5.41, 5.74) is 8.90. The van der Waals surface area contributed by atoms with E-state index in [1.54, 1.807) is 11.5 Å². The summed E-state index contributed by atoms with van der Waals surface area (Å²) in [5.74, 6) is -0.478. The molecule has 178 valence electrons. The van der Waals surface area contributed by atoms with Gasteiger partial charge in [-0.15, -0.1) is 11.3 Å². The predicted octanol–water partition coefficient (Wildman–Crippen LogP) is 3.97. The Morgan fingerprint density at radius 2 is 2.06 bits per heavy atom. The zero-order chi connectivity index (χ0) is 24.2. The number of nitrogens with zero attached hydrogens (tertiary/aromatic N) is 2. The third kappa shape index (κ3) is 5.18. The van der Waals surface area contributed by atoms with Crippen LogP contribution in [0, 0.1) is 6.92 Å². The van der Waals surface area contributed by atoms with Crippen molar-refractivity contribution in [3.63, 3.8) is 0 Å². The molecule has 2 heterocycles. The first kappa shape index (κ1) is 24.0. The molecule has 0 fully saturated rings. The Balaban J connectivity index is 1.56. The van der Waals surface area contributed by atoms with Crippen molar-refractivity contribution in [1.29, 1.82) is 0 Å². The maximum absolute atomic E-state index is 12.9. The van der Waals surface area contributed by atoms with Crippen molar-refractivity contribution in [2.45, 2.75) is 44.7 Å². The first-order valence-electron chi connectivity index (χ1n) is 11.1. The van der Waals surface area contributed by atoms with Crippen LogP contribution >= 0.6 is 23.1 Å². The molecule has 0 atom stereocenters. The molecular weight excluding hydrogens is 472 g/mol. The molecule has 0 bridgehead atoms. The lowest BCUT2D eigenvalue weighted by Gasteiger charge is -2.15. The van der Waals surface area contributed by atoms with Crippen LogP contribution in [0.3, 0.4) is 0 Å². The Bertz CT molecular complexity index is 1300. The second-order valence-corrected chi connectivity index (χ2v) is 10.00. The summed E-state index contributed by atoms with van der Waals surface area (Å²) >= 11 is 2.55. The van der Waals surface area contributed by atoms with Gasteiger partial charge < -0.3 is 15.8 Å². The number of carbonyl (C=O) groups excluding carboxylic acids is 2. The number of benzene rings is 1. The number of amides is 1. The number of nitrogen functional groups attached to an aromatic ring is 1. The van der Waals surface area contributed by atoms with E-state index < -0.39 is 11.5 Å². The second-order valence-electron chi connectivity index (χ2n) is 7.95. The predicted molar refractivity (Wildman–Crippen MR) is 135 cm³/mol. The van der Waals surface area contributed by atoms with E-state index in [4.69, 9.17) is 10.5 Å². The number of rotatable bonds is 7. The summed E-state index contributed by atoms with van der Waals surface area (Å²) < 4.78 is 6.91. The van der Waals surface area contributed by atoms with Gasteiger partial charge in [-0.05, 0) is 62.8 Å². The third-order valence-electron chi connectivity index (χ3n) is 5.42. The van der Waals surface area contributed by atoms with Gasteiger partial charge in [-0.2, -0.15) is 4.98 Å². The number of aromatic nitrogens is 2. The third-order valence-corrected chi connectivity index (χ3v) is 7.57.